The maximum atomic E-state index is 13.5. The van der Waals surface area contributed by atoms with Crippen LogP contribution >= 0.6 is 11.8 Å². The summed E-state index contributed by atoms with van der Waals surface area (Å²) in [5.74, 6) is -2.71. The predicted molar refractivity (Wildman–Crippen MR) is 134 cm³/mol. The van der Waals surface area contributed by atoms with Gasteiger partial charge in [-0.3, -0.25) is 4.79 Å². The van der Waals surface area contributed by atoms with E-state index in [0.29, 0.717) is 9.87 Å². The molecule has 12 heteroatoms. The average molecular weight is 539 g/mol. The van der Waals surface area contributed by atoms with E-state index in [9.17, 15) is 38.4 Å². The number of phenolic OH excluding ortho intramolecular Hbond substituents is 1. The molecule has 1 aliphatic rings. The molecule has 196 valence electrons. The Hall–Kier alpha value is -2.64. The van der Waals surface area contributed by atoms with Gasteiger partial charge in [-0.25, -0.2) is 13.2 Å². The van der Waals surface area contributed by atoms with E-state index < -0.39 is 39.1 Å². The Morgan fingerprint density at radius 3 is 2.25 bits per heavy atom. The lowest BCUT2D eigenvalue weighted by Crippen LogP contribution is -2.69. The van der Waals surface area contributed by atoms with Gasteiger partial charge in [0.25, 0.3) is 5.91 Å². The predicted octanol–water partition coefficient (Wildman–Crippen LogP) is 1.25. The van der Waals surface area contributed by atoms with E-state index in [0.717, 1.165) is 17.3 Å². The van der Waals surface area contributed by atoms with Crippen LogP contribution in [0.1, 0.15) is 31.9 Å². The van der Waals surface area contributed by atoms with Gasteiger partial charge in [-0.1, -0.05) is 45.0 Å². The van der Waals surface area contributed by atoms with Crippen LogP contribution in [0.25, 0.3) is 0 Å². The first-order chi connectivity index (χ1) is 16.7. The number of aliphatic carboxylic acids is 1. The van der Waals surface area contributed by atoms with Crippen molar-refractivity contribution < 1.29 is 38.4 Å². The number of carboxylic acid groups (broad SMARTS) is 1. The third kappa shape index (κ3) is 5.68. The van der Waals surface area contributed by atoms with Crippen molar-refractivity contribution in [2.75, 3.05) is 12.3 Å². The fraction of sp³-hybridized carbons (Fsp3) is 0.417. The van der Waals surface area contributed by atoms with Crippen LogP contribution < -0.4 is 5.32 Å². The molecule has 0 spiro atoms. The number of thioether (sulfide) groups is 1. The number of amides is 1. The fourth-order valence-electron chi connectivity index (χ4n) is 3.77. The molecule has 1 heterocycles. The number of nitrogens with one attached hydrogen (secondary N) is 1. The minimum absolute atomic E-state index is 0.0253. The van der Waals surface area contributed by atoms with Crippen LogP contribution in [0.2, 0.25) is 0 Å². The van der Waals surface area contributed by atoms with Gasteiger partial charge in [0, 0.05) is 18.7 Å². The Labute approximate surface area is 214 Å². The summed E-state index contributed by atoms with van der Waals surface area (Å²) in [6, 6.07) is 10.1. The Balaban J connectivity index is 1.92. The van der Waals surface area contributed by atoms with Gasteiger partial charge in [0.15, 0.2) is 5.44 Å². The number of aliphatic hydroxyl groups excluding tert-OH is 1. The molecule has 1 aliphatic heterocycles. The number of aliphatic hydroxyl groups is 2. The first-order valence-electron chi connectivity index (χ1n) is 11.1. The Morgan fingerprint density at radius 1 is 1.14 bits per heavy atom. The molecule has 3 rings (SSSR count). The van der Waals surface area contributed by atoms with Gasteiger partial charge < -0.3 is 25.7 Å². The van der Waals surface area contributed by atoms with E-state index in [2.05, 4.69) is 5.32 Å². The second-order valence-electron chi connectivity index (χ2n) is 9.54. The summed E-state index contributed by atoms with van der Waals surface area (Å²) in [4.78, 5) is 24.9. The van der Waals surface area contributed by atoms with Crippen LogP contribution in [0.3, 0.4) is 0 Å². The molecule has 0 saturated carbocycles. The second kappa shape index (κ2) is 10.4. The normalized spacial score (nSPS) is 22.1. The molecule has 2 aromatic carbocycles. The molecule has 1 unspecified atom stereocenters. The third-order valence-electron chi connectivity index (χ3n) is 5.92. The van der Waals surface area contributed by atoms with Crippen molar-refractivity contribution in [3.63, 3.8) is 0 Å². The van der Waals surface area contributed by atoms with Gasteiger partial charge in [0.05, 0.1) is 4.90 Å². The van der Waals surface area contributed by atoms with E-state index in [1.54, 1.807) is 12.1 Å². The van der Waals surface area contributed by atoms with Gasteiger partial charge in [-0.15, -0.1) is 11.8 Å². The van der Waals surface area contributed by atoms with Crippen LogP contribution in [0.4, 0.5) is 0 Å². The molecule has 5 N–H and O–H groups in total. The molecule has 10 nitrogen and oxygen atoms in total. The van der Waals surface area contributed by atoms with Crippen molar-refractivity contribution in [1.29, 1.82) is 0 Å². The lowest BCUT2D eigenvalue weighted by atomic mass is 9.87. The number of benzene rings is 2. The van der Waals surface area contributed by atoms with Gasteiger partial charge in [-0.05, 0) is 40.8 Å². The molecule has 0 aliphatic carbocycles. The van der Waals surface area contributed by atoms with Crippen molar-refractivity contribution in [2.24, 2.45) is 0 Å². The van der Waals surface area contributed by atoms with Crippen molar-refractivity contribution in [3.8, 4) is 5.75 Å². The monoisotopic (exact) mass is 538 g/mol. The Morgan fingerprint density at radius 2 is 1.72 bits per heavy atom. The van der Waals surface area contributed by atoms with Gasteiger partial charge in [0.2, 0.25) is 15.7 Å². The summed E-state index contributed by atoms with van der Waals surface area (Å²) < 4.78 is 27.5. The standard InChI is InChI=1S/C24H30N2O8S2/c1-23(2,3)16-6-10-18(11-7-16)36(33,34)26-12-13-35-22(31)24(26,32)21(30)25-19(20(28)29)14-15-4-8-17(27)9-5-15/h4-11,19,22,27,31-32H,12-14H2,1-3H3,(H,25,30)(H,28,29)/t19-,22?,24+/m0/s1. The lowest BCUT2D eigenvalue weighted by Gasteiger charge is -2.43. The molecule has 3 atom stereocenters. The van der Waals surface area contributed by atoms with Gasteiger partial charge in [0.1, 0.15) is 11.8 Å². The highest BCUT2D eigenvalue weighted by Gasteiger charge is 2.57. The van der Waals surface area contributed by atoms with E-state index in [-0.39, 0.29) is 34.8 Å². The van der Waals surface area contributed by atoms with Gasteiger partial charge in [-0.2, -0.15) is 4.31 Å². The smallest absolute Gasteiger partial charge is 0.326 e. The minimum atomic E-state index is -4.46. The second-order valence-corrected chi connectivity index (χ2v) is 12.6. The maximum Gasteiger partial charge on any atom is 0.326 e. The first-order valence-corrected chi connectivity index (χ1v) is 13.6. The number of sulfonamides is 1. The molecule has 1 saturated heterocycles. The van der Waals surface area contributed by atoms with Crippen LogP contribution in [0.15, 0.2) is 53.4 Å². The number of nitrogens with zero attached hydrogens (tertiary/aromatic N) is 1. The summed E-state index contributed by atoms with van der Waals surface area (Å²) in [6.07, 6.45) is -0.207. The first kappa shape index (κ1) is 27.9. The quantitative estimate of drug-likeness (QED) is 0.349. The van der Waals surface area contributed by atoms with E-state index in [1.165, 1.54) is 36.4 Å². The average Bonchev–Trinajstić information content (AvgIpc) is 2.81. The highest BCUT2D eigenvalue weighted by molar-refractivity contribution is 8.00. The zero-order valence-electron chi connectivity index (χ0n) is 20.1. The van der Waals surface area contributed by atoms with E-state index in [1.807, 2.05) is 20.8 Å². The topological polar surface area (TPSA) is 164 Å². The molecule has 1 fully saturated rings. The fourth-order valence-corrected chi connectivity index (χ4v) is 6.55. The third-order valence-corrected chi connectivity index (χ3v) is 8.89. The summed E-state index contributed by atoms with van der Waals surface area (Å²) in [5.41, 5.74) is -3.70. The van der Waals surface area contributed by atoms with Crippen LogP contribution in [0.5, 0.6) is 5.75 Å². The maximum absolute atomic E-state index is 13.5. The molecule has 36 heavy (non-hydrogen) atoms. The zero-order valence-corrected chi connectivity index (χ0v) is 21.7. The number of carbonyl (C=O) groups excluding carboxylic acids is 1. The summed E-state index contributed by atoms with van der Waals surface area (Å²) in [6.45, 7) is 5.61. The van der Waals surface area contributed by atoms with Crippen molar-refractivity contribution >= 4 is 33.7 Å². The number of carboxylic acids is 1. The number of hydrogen-bond acceptors (Lipinski definition) is 8. The molecular formula is C24H30N2O8S2. The van der Waals surface area contributed by atoms with Crippen molar-refractivity contribution in [2.45, 2.75) is 54.7 Å². The van der Waals surface area contributed by atoms with Crippen LogP contribution in [-0.4, -0.2) is 74.5 Å². The number of carbonyl (C=O) groups is 2. The largest absolute Gasteiger partial charge is 0.508 e. The number of hydrogen-bond donors (Lipinski definition) is 5. The van der Waals surface area contributed by atoms with Gasteiger partial charge >= 0.3 is 5.97 Å². The van der Waals surface area contributed by atoms with E-state index >= 15 is 0 Å². The summed E-state index contributed by atoms with van der Waals surface area (Å²) in [5, 5.41) is 43.1. The minimum Gasteiger partial charge on any atom is -0.508 e. The van der Waals surface area contributed by atoms with Crippen molar-refractivity contribution in [3.05, 3.63) is 59.7 Å². The molecule has 0 bridgehead atoms. The highest BCUT2D eigenvalue weighted by atomic mass is 32.2. The number of aromatic hydroxyl groups is 1. The van der Waals surface area contributed by atoms with E-state index in [4.69, 9.17) is 0 Å². The van der Waals surface area contributed by atoms with Crippen LogP contribution in [-0.2, 0) is 31.4 Å². The number of rotatable bonds is 7. The molecule has 2 aromatic rings. The molecular weight excluding hydrogens is 508 g/mol. The van der Waals surface area contributed by atoms with Crippen molar-refractivity contribution in [1.82, 2.24) is 9.62 Å². The summed E-state index contributed by atoms with van der Waals surface area (Å²) >= 11 is 0.779. The SMILES string of the molecule is CC(C)(C)c1ccc(S(=O)(=O)N2CCSC(O)[C@]2(O)C(=O)N[C@@H](Cc2ccc(O)cc2)C(=O)O)cc1. The highest BCUT2D eigenvalue weighted by Crippen LogP contribution is 2.36. The molecule has 0 radical (unpaired) electrons. The Kier molecular flexibility index (Phi) is 8.06. The van der Waals surface area contributed by atoms with Crippen LogP contribution in [0, 0.1) is 0 Å². The Bertz CT molecular complexity index is 1210. The molecule has 0 aromatic heterocycles. The lowest BCUT2D eigenvalue weighted by molar-refractivity contribution is -0.168. The molecule has 1 amide bonds. The summed E-state index contributed by atoms with van der Waals surface area (Å²) in [7, 11) is -4.46. The number of phenols is 1. The zero-order chi connectivity index (χ0) is 26.9.